The Morgan fingerprint density at radius 1 is 1.23 bits per heavy atom. The van der Waals surface area contributed by atoms with Crippen molar-refractivity contribution in [3.05, 3.63) is 58.8 Å². The van der Waals surface area contributed by atoms with Crippen LogP contribution < -0.4 is 9.96 Å². The maximum atomic E-state index is 13.1. The molecule has 0 bridgehead atoms. The van der Waals surface area contributed by atoms with E-state index in [-0.39, 0.29) is 21.6 Å². The number of benzene rings is 2. The van der Waals surface area contributed by atoms with Crippen LogP contribution in [0.4, 0.5) is 5.69 Å². The monoisotopic (exact) mass is 377 g/mol. The molecule has 26 heavy (non-hydrogen) atoms. The van der Waals surface area contributed by atoms with Gasteiger partial charge in [0.05, 0.1) is 23.7 Å². The minimum atomic E-state index is -3.65. The minimum Gasteiger partial charge on any atom is -0.733 e. The van der Waals surface area contributed by atoms with Crippen molar-refractivity contribution in [3.8, 4) is 5.75 Å². The summed E-state index contributed by atoms with van der Waals surface area (Å²) in [5, 5.41) is 20.4. The number of aryl methyl sites for hydroxylation is 1. The third-order valence-electron chi connectivity index (χ3n) is 4.63. The fourth-order valence-electron chi connectivity index (χ4n) is 3.27. The topological polar surface area (TPSA) is 93.1 Å². The van der Waals surface area contributed by atoms with E-state index in [1.807, 2.05) is 6.92 Å². The molecule has 1 fully saturated rings. The quantitative estimate of drug-likeness (QED) is 0.804. The molecule has 2 aromatic carbocycles. The van der Waals surface area contributed by atoms with E-state index in [0.717, 1.165) is 12.0 Å². The lowest BCUT2D eigenvalue weighted by Crippen LogP contribution is -2.30. The van der Waals surface area contributed by atoms with Gasteiger partial charge in [0.1, 0.15) is 5.75 Å². The van der Waals surface area contributed by atoms with Gasteiger partial charge in [-0.15, -0.1) is 0 Å². The average molecular weight is 377 g/mol. The van der Waals surface area contributed by atoms with E-state index in [4.69, 9.17) is 4.74 Å². The molecule has 1 N–H and O–H groups in total. The summed E-state index contributed by atoms with van der Waals surface area (Å²) >= 11 is 0. The van der Waals surface area contributed by atoms with Gasteiger partial charge in [-0.2, -0.15) is 4.31 Å². The van der Waals surface area contributed by atoms with Crippen molar-refractivity contribution in [3.63, 3.8) is 0 Å². The van der Waals surface area contributed by atoms with Crippen LogP contribution in [0.5, 0.6) is 5.75 Å². The van der Waals surface area contributed by atoms with Crippen molar-refractivity contribution in [1.82, 2.24) is 4.31 Å². The zero-order chi connectivity index (χ0) is 18.9. The van der Waals surface area contributed by atoms with Crippen LogP contribution in [-0.2, 0) is 10.0 Å². The van der Waals surface area contributed by atoms with E-state index in [2.05, 4.69) is 0 Å². The third kappa shape index (κ3) is 3.41. The molecular weight excluding hydrogens is 356 g/mol. The Balaban J connectivity index is 1.98. The molecule has 1 atom stereocenters. The first kappa shape index (κ1) is 18.7. The third-order valence-corrected chi connectivity index (χ3v) is 6.55. The summed E-state index contributed by atoms with van der Waals surface area (Å²) < 4.78 is 32.6. The molecule has 140 valence electrons. The zero-order valence-electron chi connectivity index (χ0n) is 14.6. The maximum absolute atomic E-state index is 13.1. The van der Waals surface area contributed by atoms with Crippen molar-refractivity contribution in [2.45, 2.75) is 30.7 Å². The van der Waals surface area contributed by atoms with Gasteiger partial charge in [-0.1, -0.05) is 23.8 Å². The van der Waals surface area contributed by atoms with Crippen molar-refractivity contribution in [2.75, 3.05) is 18.9 Å². The summed E-state index contributed by atoms with van der Waals surface area (Å²) in [5.74, 6) is 0.220. The van der Waals surface area contributed by atoms with E-state index in [1.165, 1.54) is 17.5 Å². The van der Waals surface area contributed by atoms with Gasteiger partial charge < -0.3 is 15.2 Å². The second-order valence-electron chi connectivity index (χ2n) is 6.29. The van der Waals surface area contributed by atoms with Gasteiger partial charge in [0.15, 0.2) is 0 Å². The molecule has 7 nitrogen and oxygen atoms in total. The van der Waals surface area contributed by atoms with Gasteiger partial charge in [-0.05, 0) is 49.6 Å². The predicted octanol–water partition coefficient (Wildman–Crippen LogP) is 3.22. The molecule has 0 radical (unpaired) electrons. The van der Waals surface area contributed by atoms with Gasteiger partial charge in [0.2, 0.25) is 10.0 Å². The van der Waals surface area contributed by atoms with Crippen molar-refractivity contribution in [2.24, 2.45) is 0 Å². The van der Waals surface area contributed by atoms with E-state index in [1.54, 1.807) is 36.4 Å². The average Bonchev–Trinajstić information content (AvgIpc) is 3.12. The van der Waals surface area contributed by atoms with Crippen molar-refractivity contribution in [1.29, 1.82) is 0 Å². The van der Waals surface area contributed by atoms with Gasteiger partial charge >= 0.3 is 0 Å². The van der Waals surface area contributed by atoms with Gasteiger partial charge in [-0.3, -0.25) is 5.21 Å². The smallest absolute Gasteiger partial charge is 0.243 e. The van der Waals surface area contributed by atoms with E-state index in [0.29, 0.717) is 18.5 Å². The molecule has 1 saturated heterocycles. The number of hydrogen-bond acceptors (Lipinski definition) is 6. The highest BCUT2D eigenvalue weighted by atomic mass is 32.2. The predicted molar refractivity (Wildman–Crippen MR) is 97.7 cm³/mol. The van der Waals surface area contributed by atoms with Crippen LogP contribution in [0.25, 0.3) is 0 Å². The number of nitrogens with zero attached hydrogens (tertiary/aromatic N) is 2. The number of anilines is 1. The molecule has 1 heterocycles. The van der Waals surface area contributed by atoms with Crippen LogP contribution in [0.1, 0.15) is 30.0 Å². The molecule has 0 spiro atoms. The molecule has 0 saturated carbocycles. The second kappa shape index (κ2) is 7.24. The van der Waals surface area contributed by atoms with Crippen molar-refractivity contribution >= 4 is 15.7 Å². The van der Waals surface area contributed by atoms with E-state index < -0.39 is 16.1 Å². The Bertz CT molecular complexity index is 881. The normalized spacial score (nSPS) is 18.1. The standard InChI is InChI=1S/C18H21N2O5S/c1-13-5-8-15(9-6-13)26(23,24)19-11-3-4-16(19)14-7-10-18(25-2)17(12-14)20(21)22/h5-10,12,16,21H,3-4,11H2,1-2H3/q-1. The highest BCUT2D eigenvalue weighted by Crippen LogP contribution is 2.39. The Morgan fingerprint density at radius 2 is 1.92 bits per heavy atom. The number of sulfonamides is 1. The van der Waals surface area contributed by atoms with Gasteiger partial charge in [0.25, 0.3) is 0 Å². The first-order valence-corrected chi connectivity index (χ1v) is 9.71. The van der Waals surface area contributed by atoms with Crippen molar-refractivity contribution < 1.29 is 18.4 Å². The fourth-order valence-corrected chi connectivity index (χ4v) is 4.95. The molecule has 0 aromatic heterocycles. The number of rotatable bonds is 5. The number of hydrogen-bond donors (Lipinski definition) is 1. The Labute approximate surface area is 153 Å². The summed E-state index contributed by atoms with van der Waals surface area (Å²) in [6.07, 6.45) is 1.36. The summed E-state index contributed by atoms with van der Waals surface area (Å²) in [4.78, 5) is 0.247. The summed E-state index contributed by atoms with van der Waals surface area (Å²) in [6.45, 7) is 2.31. The molecule has 8 heteroatoms. The zero-order valence-corrected chi connectivity index (χ0v) is 15.4. The Hall–Kier alpha value is -2.13. The molecule has 1 unspecified atom stereocenters. The molecule has 0 aliphatic carbocycles. The first-order chi connectivity index (χ1) is 12.3. The summed E-state index contributed by atoms with van der Waals surface area (Å²) in [6, 6.07) is 11.1. The summed E-state index contributed by atoms with van der Waals surface area (Å²) in [7, 11) is -2.26. The number of methoxy groups -OCH3 is 1. The van der Waals surface area contributed by atoms with Gasteiger partial charge in [0, 0.05) is 6.54 Å². The van der Waals surface area contributed by atoms with Crippen LogP contribution in [0.3, 0.4) is 0 Å². The Kier molecular flexibility index (Phi) is 5.19. The van der Waals surface area contributed by atoms with Crippen LogP contribution in [0.2, 0.25) is 0 Å². The lowest BCUT2D eigenvalue weighted by molar-refractivity contribution is 0.290. The van der Waals surface area contributed by atoms with E-state index >= 15 is 0 Å². The Morgan fingerprint density at radius 3 is 2.54 bits per heavy atom. The number of ether oxygens (including phenoxy) is 1. The lowest BCUT2D eigenvalue weighted by atomic mass is 10.0. The lowest BCUT2D eigenvalue weighted by Gasteiger charge is -2.28. The molecule has 0 amide bonds. The molecule has 2 aromatic rings. The highest BCUT2D eigenvalue weighted by Gasteiger charge is 2.36. The van der Waals surface area contributed by atoms with Crippen LogP contribution in [0, 0.1) is 12.1 Å². The first-order valence-electron chi connectivity index (χ1n) is 8.27. The maximum Gasteiger partial charge on any atom is 0.243 e. The molecule has 1 aliphatic heterocycles. The minimum absolute atomic E-state index is 0.0513. The van der Waals surface area contributed by atoms with Crippen LogP contribution >= 0.6 is 0 Å². The van der Waals surface area contributed by atoms with Gasteiger partial charge in [-0.25, -0.2) is 8.42 Å². The SMILES string of the molecule is COc1ccc(C2CCCN2S(=O)(=O)c2ccc(C)cc2)cc1N([O-])O. The fraction of sp³-hybridized carbons (Fsp3) is 0.333. The molecule has 1 aliphatic rings. The van der Waals surface area contributed by atoms with Crippen LogP contribution in [-0.4, -0.2) is 31.6 Å². The second-order valence-corrected chi connectivity index (χ2v) is 8.18. The highest BCUT2D eigenvalue weighted by molar-refractivity contribution is 7.89. The largest absolute Gasteiger partial charge is 0.733 e. The summed E-state index contributed by atoms with van der Waals surface area (Å²) in [5.41, 5.74) is 1.58. The van der Waals surface area contributed by atoms with E-state index in [9.17, 15) is 18.8 Å². The van der Waals surface area contributed by atoms with Crippen LogP contribution in [0.15, 0.2) is 47.4 Å². The molecule has 3 rings (SSSR count). The molecular formula is C18H21N2O5S-.